The Kier molecular flexibility index (Phi) is 6.28. The molecule has 2 saturated carbocycles. The number of carbonyl (C=O) groups excluding carboxylic acids is 1. The first kappa shape index (κ1) is 26.9. The Hall–Kier alpha value is -3.96. The van der Waals surface area contributed by atoms with Crippen LogP contribution in [0.5, 0.6) is 0 Å². The SMILES string of the molecule is C=S(=O)(c1ccn(C)n1)N(C1CC1)[C@H]1CCC2=Cc3c(cnn3-c3ccc(F)nc3)C[C@]2(C(=O)c2cc(C)ccn2)C1. The van der Waals surface area contributed by atoms with Gasteiger partial charge in [-0.3, -0.25) is 14.5 Å². The van der Waals surface area contributed by atoms with Crippen molar-refractivity contribution in [2.45, 2.75) is 62.6 Å². The Labute approximate surface area is 244 Å². The Morgan fingerprint density at radius 2 is 1.98 bits per heavy atom. The lowest BCUT2D eigenvalue weighted by Gasteiger charge is -2.47. The molecule has 9 nitrogen and oxygen atoms in total. The number of ketones is 1. The van der Waals surface area contributed by atoms with Crippen molar-refractivity contribution in [1.82, 2.24) is 33.8 Å². The predicted molar refractivity (Wildman–Crippen MR) is 158 cm³/mol. The summed E-state index contributed by atoms with van der Waals surface area (Å²) in [5, 5.41) is 9.56. The molecule has 0 saturated heterocycles. The smallest absolute Gasteiger partial charge is 0.212 e. The molecule has 42 heavy (non-hydrogen) atoms. The molecule has 0 N–H and O–H groups in total. The van der Waals surface area contributed by atoms with Crippen LogP contribution < -0.4 is 0 Å². The molecule has 4 heterocycles. The van der Waals surface area contributed by atoms with E-state index in [0.29, 0.717) is 35.7 Å². The zero-order chi connectivity index (χ0) is 29.2. The highest BCUT2D eigenvalue weighted by molar-refractivity contribution is 7.98. The fraction of sp³-hybridized carbons (Fsp3) is 0.355. The van der Waals surface area contributed by atoms with E-state index in [9.17, 15) is 13.4 Å². The molecule has 3 aliphatic rings. The molecule has 216 valence electrons. The van der Waals surface area contributed by atoms with E-state index in [4.69, 9.17) is 0 Å². The first-order valence-electron chi connectivity index (χ1n) is 14.2. The van der Waals surface area contributed by atoms with E-state index >= 15 is 0 Å². The van der Waals surface area contributed by atoms with Crippen LogP contribution in [0.25, 0.3) is 11.8 Å². The lowest BCUT2D eigenvalue weighted by molar-refractivity contribution is 0.0736. The predicted octanol–water partition coefficient (Wildman–Crippen LogP) is 4.36. The largest absolute Gasteiger partial charge is 0.291 e. The zero-order valence-electron chi connectivity index (χ0n) is 23.6. The third-order valence-corrected chi connectivity index (χ3v) is 10.9. The van der Waals surface area contributed by atoms with Gasteiger partial charge >= 0.3 is 0 Å². The Balaban J connectivity index is 1.32. The van der Waals surface area contributed by atoms with Crippen molar-refractivity contribution in [3.8, 4) is 5.69 Å². The number of hydrogen-bond acceptors (Lipinski definition) is 6. The van der Waals surface area contributed by atoms with Crippen LogP contribution in [0.15, 0.2) is 65.7 Å². The van der Waals surface area contributed by atoms with Crippen LogP contribution in [0.1, 0.15) is 59.4 Å². The van der Waals surface area contributed by atoms with Crippen molar-refractivity contribution in [3.05, 3.63) is 89.2 Å². The summed E-state index contributed by atoms with van der Waals surface area (Å²) in [6.45, 7) is 1.95. The second kappa shape index (κ2) is 9.81. The van der Waals surface area contributed by atoms with Crippen LogP contribution in [0, 0.1) is 18.3 Å². The number of aryl methyl sites for hydroxylation is 2. The van der Waals surface area contributed by atoms with Crippen LogP contribution in [0.4, 0.5) is 4.39 Å². The first-order valence-corrected chi connectivity index (χ1v) is 15.9. The number of Topliss-reactive ketones (excluding diaryl/α,β-unsaturated/α-hetero) is 1. The fourth-order valence-corrected chi connectivity index (χ4v) is 8.79. The molecular weight excluding hydrogens is 553 g/mol. The summed E-state index contributed by atoms with van der Waals surface area (Å²) >= 11 is 0. The summed E-state index contributed by atoms with van der Waals surface area (Å²) in [4.78, 5) is 22.9. The van der Waals surface area contributed by atoms with Crippen LogP contribution in [0.3, 0.4) is 0 Å². The lowest BCUT2D eigenvalue weighted by atomic mass is 9.60. The summed E-state index contributed by atoms with van der Waals surface area (Å²) in [6, 6.07) is 8.48. The summed E-state index contributed by atoms with van der Waals surface area (Å²) < 4.78 is 33.4. The van der Waals surface area contributed by atoms with Gasteiger partial charge in [0.25, 0.3) is 0 Å². The van der Waals surface area contributed by atoms with Gasteiger partial charge in [-0.15, -0.1) is 0 Å². The number of rotatable bonds is 7. The third kappa shape index (κ3) is 4.42. The normalized spacial score (nSPS) is 23.1. The van der Waals surface area contributed by atoms with Gasteiger partial charge in [0.05, 0.1) is 38.9 Å². The molecule has 0 radical (unpaired) electrons. The molecule has 1 unspecified atom stereocenters. The Morgan fingerprint density at radius 1 is 1.14 bits per heavy atom. The first-order chi connectivity index (χ1) is 20.2. The second-order valence-electron chi connectivity index (χ2n) is 11.7. The molecular formula is C31H32FN7O2S. The summed E-state index contributed by atoms with van der Waals surface area (Å²) in [7, 11) is -1.07. The Bertz CT molecular complexity index is 1840. The van der Waals surface area contributed by atoms with Gasteiger partial charge in [0.1, 0.15) is 5.69 Å². The van der Waals surface area contributed by atoms with Crippen molar-refractivity contribution in [3.63, 3.8) is 0 Å². The van der Waals surface area contributed by atoms with Crippen molar-refractivity contribution >= 4 is 27.4 Å². The quantitative estimate of drug-likeness (QED) is 0.182. The van der Waals surface area contributed by atoms with E-state index in [-0.39, 0.29) is 17.9 Å². The number of aromatic nitrogens is 6. The monoisotopic (exact) mass is 585 g/mol. The molecule has 3 atom stereocenters. The van der Waals surface area contributed by atoms with E-state index in [1.807, 2.05) is 26.1 Å². The zero-order valence-corrected chi connectivity index (χ0v) is 24.4. The second-order valence-corrected chi connectivity index (χ2v) is 13.9. The van der Waals surface area contributed by atoms with Gasteiger partial charge in [-0.05, 0) is 98.9 Å². The highest BCUT2D eigenvalue weighted by Gasteiger charge is 2.53. The maximum Gasteiger partial charge on any atom is 0.212 e. The average Bonchev–Trinajstić information content (AvgIpc) is 3.55. The van der Waals surface area contributed by atoms with Gasteiger partial charge in [-0.1, -0.05) is 5.57 Å². The molecule has 0 aliphatic heterocycles. The van der Waals surface area contributed by atoms with Crippen molar-refractivity contribution < 1.29 is 13.4 Å². The molecule has 11 heteroatoms. The Morgan fingerprint density at radius 3 is 2.67 bits per heavy atom. The van der Waals surface area contributed by atoms with E-state index < -0.39 is 21.1 Å². The number of pyridine rings is 2. The topological polar surface area (TPSA) is 98.8 Å². The third-order valence-electron chi connectivity index (χ3n) is 8.80. The van der Waals surface area contributed by atoms with E-state index in [1.165, 1.54) is 12.3 Å². The maximum absolute atomic E-state index is 14.6. The van der Waals surface area contributed by atoms with Gasteiger partial charge in [0, 0.05) is 31.5 Å². The van der Waals surface area contributed by atoms with Crippen LogP contribution in [-0.4, -0.2) is 61.8 Å². The van der Waals surface area contributed by atoms with Crippen LogP contribution >= 0.6 is 0 Å². The molecule has 0 bridgehead atoms. The van der Waals surface area contributed by atoms with E-state index in [0.717, 1.165) is 41.7 Å². The minimum Gasteiger partial charge on any atom is -0.291 e. The van der Waals surface area contributed by atoms with Crippen molar-refractivity contribution in [2.24, 2.45) is 12.5 Å². The van der Waals surface area contributed by atoms with Gasteiger partial charge in [-0.25, -0.2) is 18.2 Å². The van der Waals surface area contributed by atoms with Crippen LogP contribution in [-0.2, 0) is 23.2 Å². The molecule has 3 aliphatic carbocycles. The number of nitrogens with zero attached hydrogens (tertiary/aromatic N) is 7. The molecule has 7 rings (SSSR count). The minimum atomic E-state index is -2.87. The summed E-state index contributed by atoms with van der Waals surface area (Å²) in [5.74, 6) is 3.64. The number of hydrogen-bond donors (Lipinski definition) is 0. The molecule has 4 aromatic heterocycles. The molecule has 0 amide bonds. The molecule has 4 aromatic rings. The fourth-order valence-electron chi connectivity index (χ4n) is 6.69. The molecule has 2 fully saturated rings. The standard InChI is InChI=1S/C31H32FN7O2S/c1-20-10-12-33-26(14-20)30(40)31-16-21-18-35-38(25-8-9-28(32)34-19-25)27(21)15-22(31)4-5-24(17-31)39(23-6-7-23)42(3,41)29-11-13-37(2)36-29/h8-15,18-19,23-24H,3-7,16-17H2,1-2H3/t24-,31-,42?/m0/s1. The number of halogens is 1. The highest BCUT2D eigenvalue weighted by atomic mass is 32.2. The maximum atomic E-state index is 14.6. The van der Waals surface area contributed by atoms with Gasteiger partial charge in [-0.2, -0.15) is 14.6 Å². The number of carbonyl (C=O) groups is 1. The lowest BCUT2D eigenvalue weighted by Crippen LogP contribution is -2.51. The van der Waals surface area contributed by atoms with Crippen molar-refractivity contribution in [2.75, 3.05) is 0 Å². The molecule has 0 spiro atoms. The van der Waals surface area contributed by atoms with E-state index in [2.05, 4.69) is 36.4 Å². The average molecular weight is 586 g/mol. The van der Waals surface area contributed by atoms with Gasteiger partial charge in [0.2, 0.25) is 5.95 Å². The summed E-state index contributed by atoms with van der Waals surface area (Å²) in [5.41, 5.74) is 3.96. The number of fused-ring (bicyclic) bond motifs is 2. The van der Waals surface area contributed by atoms with Gasteiger partial charge < -0.3 is 0 Å². The number of allylic oxidation sites excluding steroid dienone is 1. The minimum absolute atomic E-state index is 0.0341. The summed E-state index contributed by atoms with van der Waals surface area (Å²) in [6.07, 6.45) is 13.0. The van der Waals surface area contributed by atoms with Gasteiger partial charge in [0.15, 0.2) is 10.8 Å². The van der Waals surface area contributed by atoms with E-state index in [1.54, 1.807) is 40.1 Å². The van der Waals surface area contributed by atoms with Crippen LogP contribution in [0.2, 0.25) is 0 Å². The molecule has 0 aromatic carbocycles. The highest BCUT2D eigenvalue weighted by Crippen LogP contribution is 2.52. The van der Waals surface area contributed by atoms with Crippen molar-refractivity contribution in [1.29, 1.82) is 0 Å².